The Morgan fingerprint density at radius 3 is 2.77 bits per heavy atom. The van der Waals surface area contributed by atoms with Gasteiger partial charge in [-0.1, -0.05) is 6.07 Å². The summed E-state index contributed by atoms with van der Waals surface area (Å²) in [6.45, 7) is 0. The average Bonchev–Trinajstić information content (AvgIpc) is 2.48. The van der Waals surface area contributed by atoms with E-state index in [1.54, 1.807) is 12.1 Å². The van der Waals surface area contributed by atoms with Crippen molar-refractivity contribution in [1.29, 1.82) is 0 Å². The molecule has 4 nitrogen and oxygen atoms in total. The minimum absolute atomic E-state index is 0.336. The lowest BCUT2D eigenvalue weighted by Crippen LogP contribution is -1.99. The molecule has 0 spiro atoms. The third-order valence-electron chi connectivity index (χ3n) is 1.74. The lowest BCUT2D eigenvalue weighted by molar-refractivity contribution is 0.602. The van der Waals surface area contributed by atoms with E-state index >= 15 is 0 Å². The highest BCUT2D eigenvalue weighted by molar-refractivity contribution is 8.02. The molecular formula is C7H8N2O2S2. The van der Waals surface area contributed by atoms with Crippen LogP contribution in [-0.2, 0) is 9.84 Å². The molecule has 1 aromatic carbocycles. The van der Waals surface area contributed by atoms with E-state index < -0.39 is 9.84 Å². The molecular weight excluding hydrogens is 208 g/mol. The molecule has 0 aromatic heterocycles. The first kappa shape index (κ1) is 8.71. The van der Waals surface area contributed by atoms with Crippen molar-refractivity contribution in [2.75, 3.05) is 15.7 Å². The number of nitrogens with one attached hydrogen (secondary N) is 2. The highest BCUT2D eigenvalue weighted by atomic mass is 32.2. The normalized spacial score (nSPS) is 14.5. The zero-order valence-corrected chi connectivity index (χ0v) is 8.50. The number of sulfone groups is 1. The summed E-state index contributed by atoms with van der Waals surface area (Å²) in [5.74, 6) is 0. The summed E-state index contributed by atoms with van der Waals surface area (Å²) in [7, 11) is -3.14. The van der Waals surface area contributed by atoms with Crippen molar-refractivity contribution in [3.63, 3.8) is 0 Å². The molecule has 1 aliphatic heterocycles. The van der Waals surface area contributed by atoms with E-state index in [4.69, 9.17) is 0 Å². The highest BCUT2D eigenvalue weighted by Crippen LogP contribution is 2.37. The number of rotatable bonds is 1. The van der Waals surface area contributed by atoms with Gasteiger partial charge in [-0.05, 0) is 12.1 Å². The Kier molecular flexibility index (Phi) is 1.88. The lowest BCUT2D eigenvalue weighted by atomic mass is 10.3. The van der Waals surface area contributed by atoms with Crippen LogP contribution in [-0.4, -0.2) is 14.7 Å². The van der Waals surface area contributed by atoms with E-state index in [2.05, 4.69) is 9.44 Å². The maximum absolute atomic E-state index is 11.3. The van der Waals surface area contributed by atoms with Crippen molar-refractivity contribution in [3.05, 3.63) is 18.2 Å². The predicted molar refractivity (Wildman–Crippen MR) is 54.4 cm³/mol. The summed E-state index contributed by atoms with van der Waals surface area (Å²) in [6.07, 6.45) is 1.20. The SMILES string of the molecule is CS(=O)(=O)c1cccc2c1NSN2. The fourth-order valence-corrected chi connectivity index (χ4v) is 2.74. The van der Waals surface area contributed by atoms with Crippen molar-refractivity contribution in [1.82, 2.24) is 0 Å². The van der Waals surface area contributed by atoms with Crippen molar-refractivity contribution in [3.8, 4) is 0 Å². The van der Waals surface area contributed by atoms with Gasteiger partial charge >= 0.3 is 0 Å². The van der Waals surface area contributed by atoms with E-state index in [0.717, 1.165) is 5.69 Å². The van der Waals surface area contributed by atoms with Gasteiger partial charge in [0.1, 0.15) is 0 Å². The van der Waals surface area contributed by atoms with Crippen LogP contribution in [0.3, 0.4) is 0 Å². The van der Waals surface area contributed by atoms with Crippen LogP contribution in [0, 0.1) is 0 Å². The van der Waals surface area contributed by atoms with E-state index in [0.29, 0.717) is 10.6 Å². The molecule has 2 rings (SSSR count). The number of hydrogen-bond donors (Lipinski definition) is 2. The molecule has 1 aromatic rings. The van der Waals surface area contributed by atoms with Crippen LogP contribution in [0.15, 0.2) is 23.1 Å². The smallest absolute Gasteiger partial charge is 0.177 e. The molecule has 0 atom stereocenters. The second-order valence-corrected chi connectivity index (χ2v) is 5.35. The molecule has 0 unspecified atom stereocenters. The molecule has 0 amide bonds. The largest absolute Gasteiger partial charge is 0.310 e. The molecule has 0 bridgehead atoms. The fourth-order valence-electron chi connectivity index (χ4n) is 1.16. The number of fused-ring (bicyclic) bond motifs is 1. The second kappa shape index (κ2) is 2.81. The van der Waals surface area contributed by atoms with Gasteiger partial charge < -0.3 is 9.44 Å². The van der Waals surface area contributed by atoms with E-state index in [-0.39, 0.29) is 0 Å². The molecule has 0 fully saturated rings. The third-order valence-corrected chi connectivity index (χ3v) is 3.51. The maximum atomic E-state index is 11.3. The number of anilines is 2. The molecule has 0 radical (unpaired) electrons. The highest BCUT2D eigenvalue weighted by Gasteiger charge is 2.19. The van der Waals surface area contributed by atoms with Crippen molar-refractivity contribution < 1.29 is 8.42 Å². The minimum atomic E-state index is -3.14. The van der Waals surface area contributed by atoms with Crippen LogP contribution in [0.5, 0.6) is 0 Å². The number of benzene rings is 1. The first-order valence-corrected chi connectivity index (χ1v) is 6.31. The zero-order valence-electron chi connectivity index (χ0n) is 6.87. The van der Waals surface area contributed by atoms with E-state index in [9.17, 15) is 8.42 Å². The Balaban J connectivity index is 2.67. The summed E-state index contributed by atoms with van der Waals surface area (Å²) < 4.78 is 28.5. The van der Waals surface area contributed by atoms with Gasteiger partial charge in [0.2, 0.25) is 0 Å². The minimum Gasteiger partial charge on any atom is -0.310 e. The summed E-state index contributed by atoms with van der Waals surface area (Å²) >= 11 is 1.27. The van der Waals surface area contributed by atoms with Gasteiger partial charge in [-0.25, -0.2) is 8.42 Å². The summed E-state index contributed by atoms with van der Waals surface area (Å²) in [4.78, 5) is 0.336. The Morgan fingerprint density at radius 2 is 2.08 bits per heavy atom. The molecule has 0 saturated heterocycles. The van der Waals surface area contributed by atoms with E-state index in [1.807, 2.05) is 6.07 Å². The van der Waals surface area contributed by atoms with Crippen molar-refractivity contribution in [2.45, 2.75) is 4.90 Å². The molecule has 0 aliphatic carbocycles. The predicted octanol–water partition coefficient (Wildman–Crippen LogP) is 1.49. The van der Waals surface area contributed by atoms with Gasteiger partial charge in [0.05, 0.1) is 28.4 Å². The third kappa shape index (κ3) is 1.47. The summed E-state index contributed by atoms with van der Waals surface area (Å²) in [5, 5.41) is 0. The molecule has 2 N–H and O–H groups in total. The van der Waals surface area contributed by atoms with E-state index in [1.165, 1.54) is 18.4 Å². The number of para-hydroxylation sites is 1. The van der Waals surface area contributed by atoms with Gasteiger partial charge in [0.25, 0.3) is 0 Å². The average molecular weight is 216 g/mol. The van der Waals surface area contributed by atoms with Crippen LogP contribution < -0.4 is 9.44 Å². The second-order valence-electron chi connectivity index (χ2n) is 2.76. The Hall–Kier alpha value is -0.880. The van der Waals surface area contributed by atoms with Crippen LogP contribution in [0.1, 0.15) is 0 Å². The quantitative estimate of drug-likeness (QED) is 0.696. The van der Waals surface area contributed by atoms with Gasteiger partial charge in [-0.15, -0.1) is 0 Å². The van der Waals surface area contributed by atoms with Gasteiger partial charge in [-0.2, -0.15) is 0 Å². The first-order chi connectivity index (χ1) is 6.09. The summed E-state index contributed by atoms with van der Waals surface area (Å²) in [6, 6.07) is 5.14. The van der Waals surface area contributed by atoms with Crippen LogP contribution in [0.4, 0.5) is 11.4 Å². The van der Waals surface area contributed by atoms with Gasteiger partial charge in [0.15, 0.2) is 9.84 Å². The number of hydrogen-bond acceptors (Lipinski definition) is 5. The van der Waals surface area contributed by atoms with Gasteiger partial charge in [0, 0.05) is 6.26 Å². The Morgan fingerprint density at radius 1 is 1.31 bits per heavy atom. The standard InChI is InChI=1S/C7H8N2O2S2/c1-13(10,11)6-4-2-3-5-7(6)9-12-8-5/h2-4,8-9H,1H3. The monoisotopic (exact) mass is 216 g/mol. The topological polar surface area (TPSA) is 58.2 Å². The van der Waals surface area contributed by atoms with Gasteiger partial charge in [-0.3, -0.25) is 0 Å². The molecule has 0 saturated carbocycles. The molecule has 6 heteroatoms. The first-order valence-electron chi connectivity index (χ1n) is 3.60. The van der Waals surface area contributed by atoms with Crippen LogP contribution in [0.25, 0.3) is 0 Å². The van der Waals surface area contributed by atoms with Crippen molar-refractivity contribution >= 4 is 33.3 Å². The molecule has 1 aliphatic rings. The van der Waals surface area contributed by atoms with Crippen molar-refractivity contribution in [2.24, 2.45) is 0 Å². The fraction of sp³-hybridized carbons (Fsp3) is 0.143. The lowest BCUT2D eigenvalue weighted by Gasteiger charge is -2.03. The van der Waals surface area contributed by atoms with Crippen LogP contribution in [0.2, 0.25) is 0 Å². The maximum Gasteiger partial charge on any atom is 0.177 e. The molecule has 70 valence electrons. The molecule has 1 heterocycles. The summed E-state index contributed by atoms with van der Waals surface area (Å²) in [5.41, 5.74) is 1.46. The van der Waals surface area contributed by atoms with Crippen LogP contribution >= 0.6 is 12.1 Å². The Bertz CT molecular complexity index is 442. The Labute approximate surface area is 80.9 Å². The molecule has 13 heavy (non-hydrogen) atoms. The zero-order chi connectivity index (χ0) is 9.47.